The van der Waals surface area contributed by atoms with Crippen molar-refractivity contribution < 1.29 is 9.26 Å². The molecule has 0 aliphatic heterocycles. The molecule has 1 aromatic carbocycles. The van der Waals surface area contributed by atoms with E-state index in [1.807, 2.05) is 19.1 Å². The molecule has 0 aliphatic carbocycles. The molecule has 1 heterocycles. The molecule has 2 aromatic rings. The minimum absolute atomic E-state index is 0.757. The number of halogens is 1. The molecule has 0 spiro atoms. The number of nitrogens with zero attached hydrogens (tertiary/aromatic N) is 1. The lowest BCUT2D eigenvalue weighted by Gasteiger charge is -2.01. The second-order valence-corrected chi connectivity index (χ2v) is 3.88. The number of hydrogen-bond donors (Lipinski definition) is 0. The van der Waals surface area contributed by atoms with Crippen LogP contribution in [0, 0.1) is 0 Å². The normalized spacial score (nSPS) is 10.8. The predicted molar refractivity (Wildman–Crippen MR) is 57.6 cm³/mol. The van der Waals surface area contributed by atoms with Gasteiger partial charge in [-0.1, -0.05) is 28.0 Å². The molecule has 1 aromatic heterocycles. The number of hydrogen-bond acceptors (Lipinski definition) is 3. The average Bonchev–Trinajstić information content (AvgIpc) is 2.59. The Labute approximate surface area is 90.2 Å². The highest BCUT2D eigenvalue weighted by molar-refractivity contribution is 9.10. The first-order valence-corrected chi connectivity index (χ1v) is 5.17. The van der Waals surface area contributed by atoms with Crippen molar-refractivity contribution >= 4 is 26.9 Å². The molecule has 0 radical (unpaired) electrons. The number of rotatable bonds is 2. The van der Waals surface area contributed by atoms with Crippen molar-refractivity contribution in [1.82, 2.24) is 5.16 Å². The molecule has 74 valence electrons. The predicted octanol–water partition coefficient (Wildman–Crippen LogP) is 3.16. The summed E-state index contributed by atoms with van der Waals surface area (Å²) in [6.07, 6.45) is 0.838. The highest BCUT2D eigenvalue weighted by atomic mass is 79.9. The Morgan fingerprint density at radius 2 is 2.29 bits per heavy atom. The summed E-state index contributed by atoms with van der Waals surface area (Å²) in [4.78, 5) is 0. The molecule has 0 atom stereocenters. The molecular weight excluding hydrogens is 246 g/mol. The second-order valence-electron chi connectivity index (χ2n) is 2.96. The van der Waals surface area contributed by atoms with Gasteiger partial charge in [0.15, 0.2) is 5.58 Å². The molecule has 0 saturated carbocycles. The van der Waals surface area contributed by atoms with Crippen LogP contribution in [-0.4, -0.2) is 12.3 Å². The van der Waals surface area contributed by atoms with E-state index in [0.29, 0.717) is 0 Å². The smallest absolute Gasteiger partial charge is 0.172 e. The van der Waals surface area contributed by atoms with Crippen molar-refractivity contribution in [3.05, 3.63) is 22.3 Å². The topological polar surface area (TPSA) is 35.3 Å². The van der Waals surface area contributed by atoms with Crippen molar-refractivity contribution in [2.45, 2.75) is 13.3 Å². The SMILES string of the molecule is CCc1noc2cc(Br)cc(OC)c12. The average molecular weight is 256 g/mol. The lowest BCUT2D eigenvalue weighted by Crippen LogP contribution is -1.86. The fourth-order valence-electron chi connectivity index (χ4n) is 1.47. The van der Waals surface area contributed by atoms with E-state index in [1.165, 1.54) is 0 Å². The van der Waals surface area contributed by atoms with E-state index < -0.39 is 0 Å². The van der Waals surface area contributed by atoms with E-state index in [4.69, 9.17) is 9.26 Å². The fourth-order valence-corrected chi connectivity index (χ4v) is 1.88. The van der Waals surface area contributed by atoms with E-state index >= 15 is 0 Å². The summed E-state index contributed by atoms with van der Waals surface area (Å²) in [5.41, 5.74) is 1.69. The van der Waals surface area contributed by atoms with Gasteiger partial charge in [0.2, 0.25) is 0 Å². The standard InChI is InChI=1S/C10H10BrNO2/c1-3-7-10-8(13-2)4-6(11)5-9(10)14-12-7/h4-5H,3H2,1-2H3. The zero-order valence-corrected chi connectivity index (χ0v) is 9.59. The van der Waals surface area contributed by atoms with Gasteiger partial charge in [0, 0.05) is 4.47 Å². The zero-order valence-electron chi connectivity index (χ0n) is 8.00. The molecule has 2 rings (SSSR count). The summed E-state index contributed by atoms with van der Waals surface area (Å²) < 4.78 is 11.4. The molecular formula is C10H10BrNO2. The minimum Gasteiger partial charge on any atom is -0.496 e. The van der Waals surface area contributed by atoms with Gasteiger partial charge in [0.05, 0.1) is 18.2 Å². The van der Waals surface area contributed by atoms with Gasteiger partial charge in [0.25, 0.3) is 0 Å². The minimum atomic E-state index is 0.757. The van der Waals surface area contributed by atoms with Crippen LogP contribution in [0.1, 0.15) is 12.6 Å². The molecule has 3 nitrogen and oxygen atoms in total. The van der Waals surface area contributed by atoms with E-state index in [0.717, 1.165) is 33.3 Å². The maximum Gasteiger partial charge on any atom is 0.172 e. The van der Waals surface area contributed by atoms with Crippen LogP contribution in [0.4, 0.5) is 0 Å². The van der Waals surface area contributed by atoms with Gasteiger partial charge in [-0.15, -0.1) is 0 Å². The molecule has 0 unspecified atom stereocenters. The van der Waals surface area contributed by atoms with Gasteiger partial charge in [0.1, 0.15) is 5.75 Å². The largest absolute Gasteiger partial charge is 0.496 e. The van der Waals surface area contributed by atoms with E-state index in [9.17, 15) is 0 Å². The Balaban J connectivity index is 2.78. The van der Waals surface area contributed by atoms with Crippen molar-refractivity contribution in [1.29, 1.82) is 0 Å². The molecule has 0 fully saturated rings. The van der Waals surface area contributed by atoms with Gasteiger partial charge in [-0.25, -0.2) is 0 Å². The summed E-state index contributed by atoms with van der Waals surface area (Å²) in [6.45, 7) is 2.04. The summed E-state index contributed by atoms with van der Waals surface area (Å²) in [5, 5.41) is 4.96. The van der Waals surface area contributed by atoms with Gasteiger partial charge >= 0.3 is 0 Å². The first kappa shape index (κ1) is 9.52. The van der Waals surface area contributed by atoms with E-state index in [1.54, 1.807) is 7.11 Å². The lowest BCUT2D eigenvalue weighted by atomic mass is 10.1. The highest BCUT2D eigenvalue weighted by Crippen LogP contribution is 2.32. The number of methoxy groups -OCH3 is 1. The summed E-state index contributed by atoms with van der Waals surface area (Å²) in [6, 6.07) is 3.81. The van der Waals surface area contributed by atoms with Crippen LogP contribution >= 0.6 is 15.9 Å². The lowest BCUT2D eigenvalue weighted by molar-refractivity contribution is 0.419. The summed E-state index contributed by atoms with van der Waals surface area (Å²) in [7, 11) is 1.65. The molecule has 0 aliphatic rings. The maximum atomic E-state index is 5.28. The molecule has 0 saturated heterocycles. The van der Waals surface area contributed by atoms with Gasteiger partial charge in [-0.05, 0) is 18.6 Å². The number of ether oxygens (including phenoxy) is 1. The molecule has 4 heteroatoms. The van der Waals surface area contributed by atoms with Crippen LogP contribution in [0.3, 0.4) is 0 Å². The Hall–Kier alpha value is -1.03. The van der Waals surface area contributed by atoms with Gasteiger partial charge < -0.3 is 9.26 Å². The van der Waals surface area contributed by atoms with Crippen LogP contribution in [0.15, 0.2) is 21.1 Å². The Kier molecular flexibility index (Phi) is 2.46. The second kappa shape index (κ2) is 3.61. The third kappa shape index (κ3) is 1.39. The molecule has 0 bridgehead atoms. The number of benzene rings is 1. The number of fused-ring (bicyclic) bond motifs is 1. The Morgan fingerprint density at radius 1 is 1.50 bits per heavy atom. The highest BCUT2D eigenvalue weighted by Gasteiger charge is 2.12. The van der Waals surface area contributed by atoms with E-state index in [2.05, 4.69) is 21.1 Å². The van der Waals surface area contributed by atoms with Crippen LogP contribution < -0.4 is 4.74 Å². The number of aryl methyl sites for hydroxylation is 1. The van der Waals surface area contributed by atoms with Crippen molar-refractivity contribution in [2.24, 2.45) is 0 Å². The Morgan fingerprint density at radius 3 is 2.93 bits per heavy atom. The fraction of sp³-hybridized carbons (Fsp3) is 0.300. The molecule has 0 amide bonds. The first-order chi connectivity index (χ1) is 6.76. The van der Waals surface area contributed by atoms with Crippen molar-refractivity contribution in [3.63, 3.8) is 0 Å². The summed E-state index contributed by atoms with van der Waals surface area (Å²) >= 11 is 3.39. The van der Waals surface area contributed by atoms with Crippen molar-refractivity contribution in [3.8, 4) is 5.75 Å². The zero-order chi connectivity index (χ0) is 10.1. The maximum absolute atomic E-state index is 5.28. The van der Waals surface area contributed by atoms with Crippen LogP contribution in [-0.2, 0) is 6.42 Å². The van der Waals surface area contributed by atoms with Crippen LogP contribution in [0.2, 0.25) is 0 Å². The first-order valence-electron chi connectivity index (χ1n) is 4.38. The molecule has 14 heavy (non-hydrogen) atoms. The Bertz CT molecular complexity index is 464. The third-order valence-corrected chi connectivity index (χ3v) is 2.59. The third-order valence-electron chi connectivity index (χ3n) is 2.13. The van der Waals surface area contributed by atoms with Gasteiger partial charge in [-0.3, -0.25) is 0 Å². The van der Waals surface area contributed by atoms with Crippen LogP contribution in [0.5, 0.6) is 5.75 Å². The number of aromatic nitrogens is 1. The van der Waals surface area contributed by atoms with Crippen molar-refractivity contribution in [2.75, 3.05) is 7.11 Å². The van der Waals surface area contributed by atoms with E-state index in [-0.39, 0.29) is 0 Å². The van der Waals surface area contributed by atoms with Gasteiger partial charge in [-0.2, -0.15) is 0 Å². The quantitative estimate of drug-likeness (QED) is 0.827. The summed E-state index contributed by atoms with van der Waals surface area (Å²) in [5.74, 6) is 0.799. The van der Waals surface area contributed by atoms with Crippen LogP contribution in [0.25, 0.3) is 11.0 Å². The molecule has 0 N–H and O–H groups in total. The monoisotopic (exact) mass is 255 g/mol.